The first kappa shape index (κ1) is 16.4. The van der Waals surface area contributed by atoms with Gasteiger partial charge in [0, 0.05) is 6.20 Å². The van der Waals surface area contributed by atoms with Gasteiger partial charge in [0.05, 0.1) is 5.02 Å². The molecule has 116 valence electrons. The molecule has 1 heterocycles. The van der Waals surface area contributed by atoms with E-state index in [1.807, 2.05) is 18.2 Å². The van der Waals surface area contributed by atoms with Crippen LogP contribution in [0.3, 0.4) is 0 Å². The number of hydrogen-bond acceptors (Lipinski definition) is 4. The number of rotatable bonds is 6. The zero-order valence-electron chi connectivity index (χ0n) is 11.5. The lowest BCUT2D eigenvalue weighted by molar-refractivity contribution is -0.145. The highest BCUT2D eigenvalue weighted by Crippen LogP contribution is 2.11. The minimum atomic E-state index is -0.572. The Kier molecular flexibility index (Phi) is 5.86. The van der Waals surface area contributed by atoms with Gasteiger partial charge in [-0.15, -0.1) is 0 Å². The topological polar surface area (TPSA) is 57.5 Å². The molecule has 1 aromatic heterocycles. The van der Waals surface area contributed by atoms with E-state index in [9.17, 15) is 9.59 Å². The summed E-state index contributed by atoms with van der Waals surface area (Å²) in [4.78, 5) is 23.4. The number of halogens is 2. The van der Waals surface area contributed by atoms with Crippen molar-refractivity contribution in [1.29, 1.82) is 0 Å². The summed E-state index contributed by atoms with van der Waals surface area (Å²) in [5, 5.41) is 0.220. The van der Waals surface area contributed by atoms with Gasteiger partial charge < -0.3 is 14.0 Å². The van der Waals surface area contributed by atoms with E-state index in [0.29, 0.717) is 5.75 Å². The van der Waals surface area contributed by atoms with Crippen LogP contribution in [0.25, 0.3) is 0 Å². The highest BCUT2D eigenvalue weighted by molar-refractivity contribution is 6.34. The van der Waals surface area contributed by atoms with Crippen LogP contribution in [0.15, 0.2) is 47.4 Å². The fraction of sp³-hybridized carbons (Fsp3) is 0.200. The van der Waals surface area contributed by atoms with Gasteiger partial charge in [-0.3, -0.25) is 9.59 Å². The summed E-state index contributed by atoms with van der Waals surface area (Å²) in [7, 11) is 0. The molecule has 0 spiro atoms. The van der Waals surface area contributed by atoms with Crippen LogP contribution >= 0.6 is 23.2 Å². The predicted molar refractivity (Wildman–Crippen MR) is 83.6 cm³/mol. The number of hydrogen-bond donors (Lipinski definition) is 0. The smallest absolute Gasteiger partial charge is 0.326 e. The third-order valence-corrected chi connectivity index (χ3v) is 3.14. The van der Waals surface area contributed by atoms with Crippen LogP contribution in [-0.2, 0) is 16.1 Å². The van der Waals surface area contributed by atoms with Crippen molar-refractivity contribution < 1.29 is 14.3 Å². The lowest BCUT2D eigenvalue weighted by Gasteiger charge is -2.09. The van der Waals surface area contributed by atoms with Crippen LogP contribution in [0.4, 0.5) is 0 Å². The number of pyridine rings is 1. The second-order valence-electron chi connectivity index (χ2n) is 4.32. The molecular formula is C15H13Cl2NO4. The van der Waals surface area contributed by atoms with E-state index in [0.717, 1.165) is 4.57 Å². The Hall–Kier alpha value is -1.98. The van der Waals surface area contributed by atoms with Crippen LogP contribution in [0.5, 0.6) is 5.75 Å². The number of aromatic nitrogens is 1. The van der Waals surface area contributed by atoms with Crippen molar-refractivity contribution in [2.75, 3.05) is 13.2 Å². The molecule has 0 amide bonds. The van der Waals surface area contributed by atoms with E-state index in [2.05, 4.69) is 0 Å². The van der Waals surface area contributed by atoms with E-state index in [-0.39, 0.29) is 29.8 Å². The number of nitrogens with zero attached hydrogens (tertiary/aromatic N) is 1. The molecule has 0 saturated carbocycles. The molecule has 0 fully saturated rings. The molecule has 2 aromatic rings. The lowest BCUT2D eigenvalue weighted by Crippen LogP contribution is -2.26. The Bertz CT molecular complexity index is 700. The summed E-state index contributed by atoms with van der Waals surface area (Å²) in [5.41, 5.74) is -0.497. The molecule has 1 aromatic carbocycles. The second-order valence-corrected chi connectivity index (χ2v) is 5.16. The molecule has 2 rings (SSSR count). The first-order chi connectivity index (χ1) is 10.6. The molecule has 0 aliphatic heterocycles. The largest absolute Gasteiger partial charge is 0.490 e. The molecule has 0 aliphatic carbocycles. The number of benzene rings is 1. The minimum Gasteiger partial charge on any atom is -0.490 e. The summed E-state index contributed by atoms with van der Waals surface area (Å²) >= 11 is 11.5. The van der Waals surface area contributed by atoms with Gasteiger partial charge in [0.1, 0.15) is 30.5 Å². The SMILES string of the molecule is O=C(Cn1cc(Cl)cc(Cl)c1=O)OCCOc1ccccc1. The zero-order chi connectivity index (χ0) is 15.9. The summed E-state index contributed by atoms with van der Waals surface area (Å²) in [5.74, 6) is 0.119. The molecule has 0 radical (unpaired) electrons. The van der Waals surface area contributed by atoms with E-state index in [1.165, 1.54) is 12.3 Å². The Morgan fingerprint density at radius 2 is 1.86 bits per heavy atom. The maximum Gasteiger partial charge on any atom is 0.326 e. The van der Waals surface area contributed by atoms with Crippen LogP contribution in [-0.4, -0.2) is 23.8 Å². The first-order valence-electron chi connectivity index (χ1n) is 6.45. The fourth-order valence-electron chi connectivity index (χ4n) is 1.70. The van der Waals surface area contributed by atoms with Crippen molar-refractivity contribution in [3.05, 3.63) is 63.0 Å². The Labute approximate surface area is 137 Å². The summed E-state index contributed by atoms with van der Waals surface area (Å²) in [6.07, 6.45) is 1.33. The van der Waals surface area contributed by atoms with E-state index in [1.54, 1.807) is 12.1 Å². The number of para-hydroxylation sites is 1. The van der Waals surface area contributed by atoms with Gasteiger partial charge in [-0.2, -0.15) is 0 Å². The maximum absolute atomic E-state index is 11.7. The summed E-state index contributed by atoms with van der Waals surface area (Å²) < 4.78 is 11.5. The highest BCUT2D eigenvalue weighted by Gasteiger charge is 2.09. The molecule has 0 saturated heterocycles. The molecule has 0 bridgehead atoms. The van der Waals surface area contributed by atoms with Crippen molar-refractivity contribution in [3.8, 4) is 5.75 Å². The van der Waals surface area contributed by atoms with Gasteiger partial charge in [-0.1, -0.05) is 41.4 Å². The minimum absolute atomic E-state index is 0.0484. The summed E-state index contributed by atoms with van der Waals surface area (Å²) in [6, 6.07) is 10.5. The standard InChI is InChI=1S/C15H13Cl2NO4/c16-11-8-13(17)15(20)18(9-11)10-14(19)22-7-6-21-12-4-2-1-3-5-12/h1-5,8-9H,6-7,10H2. The zero-order valence-corrected chi connectivity index (χ0v) is 13.0. The Balaban J connectivity index is 1.80. The van der Waals surface area contributed by atoms with Crippen LogP contribution in [0, 0.1) is 0 Å². The molecule has 7 heteroatoms. The molecule has 22 heavy (non-hydrogen) atoms. The van der Waals surface area contributed by atoms with E-state index < -0.39 is 11.5 Å². The van der Waals surface area contributed by atoms with Gasteiger partial charge in [0.25, 0.3) is 5.56 Å². The van der Waals surface area contributed by atoms with E-state index in [4.69, 9.17) is 32.7 Å². The lowest BCUT2D eigenvalue weighted by atomic mass is 10.3. The van der Waals surface area contributed by atoms with Crippen LogP contribution < -0.4 is 10.3 Å². The molecule has 0 N–H and O–H groups in total. The number of carbonyl (C=O) groups is 1. The van der Waals surface area contributed by atoms with Crippen LogP contribution in [0.1, 0.15) is 0 Å². The highest BCUT2D eigenvalue weighted by atomic mass is 35.5. The van der Waals surface area contributed by atoms with Crippen molar-refractivity contribution in [3.63, 3.8) is 0 Å². The quantitative estimate of drug-likeness (QED) is 0.598. The van der Waals surface area contributed by atoms with E-state index >= 15 is 0 Å². The fourth-order valence-corrected chi connectivity index (χ4v) is 2.21. The first-order valence-corrected chi connectivity index (χ1v) is 7.21. The van der Waals surface area contributed by atoms with Gasteiger partial charge in [0.15, 0.2) is 0 Å². The third-order valence-electron chi connectivity index (χ3n) is 2.67. The Morgan fingerprint density at radius 1 is 1.14 bits per heavy atom. The summed E-state index contributed by atoms with van der Waals surface area (Å²) in [6.45, 7) is 0.0438. The average molecular weight is 342 g/mol. The second kappa shape index (κ2) is 7.87. The predicted octanol–water partition coefficient (Wildman–Crippen LogP) is 2.78. The average Bonchev–Trinajstić information content (AvgIpc) is 2.50. The molecule has 5 nitrogen and oxygen atoms in total. The molecular weight excluding hydrogens is 329 g/mol. The number of carbonyl (C=O) groups excluding carboxylic acids is 1. The van der Waals surface area contributed by atoms with Gasteiger partial charge in [0.2, 0.25) is 0 Å². The maximum atomic E-state index is 11.7. The molecule has 0 unspecified atom stereocenters. The van der Waals surface area contributed by atoms with Gasteiger partial charge in [-0.05, 0) is 18.2 Å². The monoisotopic (exact) mass is 341 g/mol. The van der Waals surface area contributed by atoms with Crippen LogP contribution in [0.2, 0.25) is 10.0 Å². The van der Waals surface area contributed by atoms with Crippen molar-refractivity contribution in [2.45, 2.75) is 6.54 Å². The number of esters is 1. The van der Waals surface area contributed by atoms with Crippen molar-refractivity contribution >= 4 is 29.2 Å². The van der Waals surface area contributed by atoms with Crippen molar-refractivity contribution in [2.24, 2.45) is 0 Å². The number of ether oxygens (including phenoxy) is 2. The Morgan fingerprint density at radius 3 is 2.59 bits per heavy atom. The third kappa shape index (κ3) is 4.79. The molecule has 0 aliphatic rings. The molecule has 0 atom stereocenters. The normalized spacial score (nSPS) is 10.3. The van der Waals surface area contributed by atoms with Gasteiger partial charge >= 0.3 is 5.97 Å². The van der Waals surface area contributed by atoms with Gasteiger partial charge in [-0.25, -0.2) is 0 Å². The van der Waals surface area contributed by atoms with Crippen molar-refractivity contribution in [1.82, 2.24) is 4.57 Å².